The molecule has 1 aromatic carbocycles. The second-order valence-electron chi connectivity index (χ2n) is 3.06. The van der Waals surface area contributed by atoms with Gasteiger partial charge in [-0.1, -0.05) is 0 Å². The van der Waals surface area contributed by atoms with Gasteiger partial charge in [-0.3, -0.25) is 0 Å². The van der Waals surface area contributed by atoms with Crippen LogP contribution in [0.1, 0.15) is 21.5 Å². The van der Waals surface area contributed by atoms with E-state index >= 15 is 0 Å². The van der Waals surface area contributed by atoms with Crippen LogP contribution in [0.5, 0.6) is 0 Å². The third kappa shape index (κ3) is 1.55. The van der Waals surface area contributed by atoms with Gasteiger partial charge in [-0.25, -0.2) is 9.18 Å². The summed E-state index contributed by atoms with van der Waals surface area (Å²) in [4.78, 5) is 11.3. The Morgan fingerprint density at radius 3 is 2.50 bits per heavy atom. The summed E-state index contributed by atoms with van der Waals surface area (Å²) >= 11 is 0. The van der Waals surface area contributed by atoms with Gasteiger partial charge in [0.2, 0.25) is 0 Å². The number of ether oxygens (including phenoxy) is 1. The number of nitrogen functional groups attached to an aromatic ring is 1. The molecule has 4 heteroatoms. The van der Waals surface area contributed by atoms with Crippen molar-refractivity contribution in [2.75, 3.05) is 12.8 Å². The van der Waals surface area contributed by atoms with E-state index < -0.39 is 11.8 Å². The monoisotopic (exact) mass is 197 g/mol. The van der Waals surface area contributed by atoms with Crippen molar-refractivity contribution >= 4 is 11.7 Å². The van der Waals surface area contributed by atoms with Crippen molar-refractivity contribution in [1.82, 2.24) is 0 Å². The van der Waals surface area contributed by atoms with E-state index in [9.17, 15) is 9.18 Å². The lowest BCUT2D eigenvalue weighted by atomic mass is 10.0. The Bertz CT molecular complexity index is 362. The largest absolute Gasteiger partial charge is 0.465 e. The molecule has 0 heterocycles. The van der Waals surface area contributed by atoms with E-state index in [4.69, 9.17) is 5.73 Å². The minimum Gasteiger partial charge on any atom is -0.465 e. The van der Waals surface area contributed by atoms with Crippen molar-refractivity contribution in [3.63, 3.8) is 0 Å². The van der Waals surface area contributed by atoms with Crippen molar-refractivity contribution < 1.29 is 13.9 Å². The predicted molar refractivity (Wildman–Crippen MR) is 51.6 cm³/mol. The van der Waals surface area contributed by atoms with Gasteiger partial charge in [-0.2, -0.15) is 0 Å². The van der Waals surface area contributed by atoms with E-state index in [1.807, 2.05) is 0 Å². The molecular formula is C10H12FNO2. The Kier molecular flexibility index (Phi) is 2.74. The van der Waals surface area contributed by atoms with E-state index in [0.717, 1.165) is 0 Å². The highest BCUT2D eigenvalue weighted by Crippen LogP contribution is 2.23. The van der Waals surface area contributed by atoms with Crippen LogP contribution in [0.4, 0.5) is 10.1 Å². The predicted octanol–water partition coefficient (Wildman–Crippen LogP) is 1.81. The number of esters is 1. The van der Waals surface area contributed by atoms with Crippen molar-refractivity contribution in [2.45, 2.75) is 13.8 Å². The van der Waals surface area contributed by atoms with Gasteiger partial charge in [-0.15, -0.1) is 0 Å². The summed E-state index contributed by atoms with van der Waals surface area (Å²) in [6, 6.07) is 1.21. The molecule has 0 aromatic heterocycles. The molecule has 0 amide bonds. The van der Waals surface area contributed by atoms with Gasteiger partial charge in [0.1, 0.15) is 5.82 Å². The summed E-state index contributed by atoms with van der Waals surface area (Å²) in [5.74, 6) is -1.06. The van der Waals surface area contributed by atoms with Crippen molar-refractivity contribution in [3.8, 4) is 0 Å². The smallest absolute Gasteiger partial charge is 0.338 e. The molecule has 0 radical (unpaired) electrons. The van der Waals surface area contributed by atoms with Crippen LogP contribution < -0.4 is 5.73 Å². The molecule has 0 bridgehead atoms. The number of methoxy groups -OCH3 is 1. The molecule has 1 aromatic rings. The fourth-order valence-electron chi connectivity index (χ4n) is 1.31. The number of anilines is 1. The maximum absolute atomic E-state index is 13.2. The van der Waals surface area contributed by atoms with Gasteiger partial charge in [0, 0.05) is 5.69 Å². The van der Waals surface area contributed by atoms with Gasteiger partial charge in [0.25, 0.3) is 0 Å². The molecule has 76 valence electrons. The lowest BCUT2D eigenvalue weighted by molar-refractivity contribution is 0.0598. The van der Waals surface area contributed by atoms with Crippen LogP contribution in [0.2, 0.25) is 0 Å². The zero-order valence-corrected chi connectivity index (χ0v) is 8.35. The van der Waals surface area contributed by atoms with Crippen LogP contribution in [0.15, 0.2) is 6.07 Å². The molecule has 0 aliphatic rings. The lowest BCUT2D eigenvalue weighted by Crippen LogP contribution is -2.10. The molecule has 1 rings (SSSR count). The first-order chi connectivity index (χ1) is 6.49. The van der Waals surface area contributed by atoms with Gasteiger partial charge in [0.15, 0.2) is 0 Å². The number of hydrogen-bond acceptors (Lipinski definition) is 3. The van der Waals surface area contributed by atoms with E-state index in [1.54, 1.807) is 6.92 Å². The zero-order valence-electron chi connectivity index (χ0n) is 8.35. The number of nitrogens with two attached hydrogens (primary N) is 1. The highest BCUT2D eigenvalue weighted by molar-refractivity contribution is 5.94. The van der Waals surface area contributed by atoms with Crippen molar-refractivity contribution in [1.29, 1.82) is 0 Å². The normalized spacial score (nSPS) is 10.0. The number of carbonyl (C=O) groups is 1. The number of hydrogen-bond donors (Lipinski definition) is 1. The molecule has 0 aliphatic heterocycles. The van der Waals surface area contributed by atoms with E-state index in [0.29, 0.717) is 5.56 Å². The molecular weight excluding hydrogens is 185 g/mol. The summed E-state index contributed by atoms with van der Waals surface area (Å²) in [6.45, 7) is 3.18. The van der Waals surface area contributed by atoms with Crippen LogP contribution >= 0.6 is 0 Å². The number of halogens is 1. The maximum atomic E-state index is 13.2. The summed E-state index contributed by atoms with van der Waals surface area (Å²) in [5.41, 5.74) is 6.82. The van der Waals surface area contributed by atoms with Gasteiger partial charge < -0.3 is 10.5 Å². The summed E-state index contributed by atoms with van der Waals surface area (Å²) in [5, 5.41) is 0. The topological polar surface area (TPSA) is 52.3 Å². The number of benzene rings is 1. The first-order valence-electron chi connectivity index (χ1n) is 4.12. The van der Waals surface area contributed by atoms with E-state index in [1.165, 1.54) is 20.1 Å². The van der Waals surface area contributed by atoms with Crippen LogP contribution in [-0.4, -0.2) is 13.1 Å². The van der Waals surface area contributed by atoms with Gasteiger partial charge >= 0.3 is 5.97 Å². The highest BCUT2D eigenvalue weighted by Gasteiger charge is 2.17. The minimum absolute atomic E-state index is 0.213. The Balaban J connectivity index is 3.47. The molecule has 0 atom stereocenters. The fraction of sp³-hybridized carbons (Fsp3) is 0.300. The lowest BCUT2D eigenvalue weighted by Gasteiger charge is -2.10. The van der Waals surface area contributed by atoms with Gasteiger partial charge in [0.05, 0.1) is 12.7 Å². The maximum Gasteiger partial charge on any atom is 0.338 e. The van der Waals surface area contributed by atoms with E-state index in [-0.39, 0.29) is 16.8 Å². The molecule has 0 spiro atoms. The molecule has 14 heavy (non-hydrogen) atoms. The second-order valence-corrected chi connectivity index (χ2v) is 3.06. The molecule has 0 aliphatic carbocycles. The van der Waals surface area contributed by atoms with Crippen LogP contribution in [0.3, 0.4) is 0 Å². The van der Waals surface area contributed by atoms with E-state index in [2.05, 4.69) is 4.74 Å². The zero-order chi connectivity index (χ0) is 10.9. The Morgan fingerprint density at radius 1 is 1.43 bits per heavy atom. The Hall–Kier alpha value is -1.58. The first kappa shape index (κ1) is 10.5. The molecule has 2 N–H and O–H groups in total. The molecule has 0 saturated heterocycles. The standard InChI is InChI=1S/C10H12FNO2/c1-5-7(11)4-8(12)6(2)9(5)10(13)14-3/h4H,12H2,1-3H3. The quantitative estimate of drug-likeness (QED) is 0.551. The van der Waals surface area contributed by atoms with Crippen LogP contribution in [-0.2, 0) is 4.74 Å². The third-order valence-electron chi connectivity index (χ3n) is 2.21. The van der Waals surface area contributed by atoms with Crippen LogP contribution in [0.25, 0.3) is 0 Å². The summed E-state index contributed by atoms with van der Waals surface area (Å²) in [7, 11) is 1.25. The average Bonchev–Trinajstić information content (AvgIpc) is 2.15. The summed E-state index contributed by atoms with van der Waals surface area (Å²) < 4.78 is 17.8. The van der Waals surface area contributed by atoms with Crippen molar-refractivity contribution in [2.24, 2.45) is 0 Å². The number of carbonyl (C=O) groups excluding carboxylic acids is 1. The SMILES string of the molecule is COC(=O)c1c(C)c(N)cc(F)c1C. The molecule has 0 unspecified atom stereocenters. The fourth-order valence-corrected chi connectivity index (χ4v) is 1.31. The average molecular weight is 197 g/mol. The minimum atomic E-state index is -0.564. The third-order valence-corrected chi connectivity index (χ3v) is 2.21. The molecule has 0 fully saturated rings. The van der Waals surface area contributed by atoms with Crippen molar-refractivity contribution in [3.05, 3.63) is 28.6 Å². The molecule has 0 saturated carbocycles. The van der Waals surface area contributed by atoms with Crippen LogP contribution in [0, 0.1) is 19.7 Å². The Morgan fingerprint density at radius 2 is 2.00 bits per heavy atom. The highest BCUT2D eigenvalue weighted by atomic mass is 19.1. The first-order valence-corrected chi connectivity index (χ1v) is 4.12. The number of rotatable bonds is 1. The Labute approximate surface area is 81.7 Å². The summed E-state index contributed by atoms with van der Waals surface area (Å²) in [6.07, 6.45) is 0. The second kappa shape index (κ2) is 3.65. The molecule has 3 nitrogen and oxygen atoms in total. The van der Waals surface area contributed by atoms with Gasteiger partial charge in [-0.05, 0) is 31.0 Å².